The van der Waals surface area contributed by atoms with Crippen LogP contribution in [0.25, 0.3) is 0 Å². The van der Waals surface area contributed by atoms with Gasteiger partial charge in [0, 0.05) is 24.5 Å². The van der Waals surface area contributed by atoms with Gasteiger partial charge in [-0.3, -0.25) is 0 Å². The number of halogens is 2. The van der Waals surface area contributed by atoms with Crippen LogP contribution in [-0.4, -0.2) is 28.7 Å². The van der Waals surface area contributed by atoms with Gasteiger partial charge >= 0.3 is 112 Å². The summed E-state index contributed by atoms with van der Waals surface area (Å²) >= 11 is -2.05. The average Bonchev–Trinajstić information content (AvgIpc) is 3.46. The third-order valence-corrected chi connectivity index (χ3v) is 8.95. The number of nitro benzene ring substituents is 1. The first kappa shape index (κ1) is 34.0. The first-order chi connectivity index (χ1) is 20.1. The smallest absolute Gasteiger partial charge is 0.0151 e. The molecule has 1 saturated heterocycles. The quantitative estimate of drug-likeness (QED) is 0.0916. The van der Waals surface area contributed by atoms with Crippen LogP contribution >= 0.6 is 19.4 Å². The minimum absolute atomic E-state index is 0.00360. The van der Waals surface area contributed by atoms with Crippen molar-refractivity contribution in [3.8, 4) is 5.75 Å². The predicted octanol–water partition coefficient (Wildman–Crippen LogP) is 8.84. The zero-order chi connectivity index (χ0) is 30.8. The second kappa shape index (κ2) is 16.4. The number of ether oxygens (including phenoxy) is 1. The van der Waals surface area contributed by atoms with Gasteiger partial charge in [-0.25, -0.2) is 0 Å². The summed E-state index contributed by atoms with van der Waals surface area (Å²) in [6.07, 6.45) is 4.31. The van der Waals surface area contributed by atoms with Gasteiger partial charge in [0.05, 0.1) is 0 Å². The minimum Gasteiger partial charge on any atom is -0.502 e. The number of non-ortho nitro benzene ring substituents is 1. The molecule has 42 heavy (non-hydrogen) atoms. The van der Waals surface area contributed by atoms with Gasteiger partial charge in [0.2, 0.25) is 0 Å². The van der Waals surface area contributed by atoms with E-state index in [-0.39, 0.29) is 11.8 Å². The first-order valence-electron chi connectivity index (χ1n) is 14.5. The summed E-state index contributed by atoms with van der Waals surface area (Å²) < 4.78 is 7.17. The fourth-order valence-electron chi connectivity index (χ4n) is 5.18. The summed E-state index contributed by atoms with van der Waals surface area (Å²) in [6, 6.07) is 17.9. The molecule has 3 aromatic rings. The fourth-order valence-corrected chi connectivity index (χ4v) is 6.96. The van der Waals surface area contributed by atoms with Crippen molar-refractivity contribution in [3.63, 3.8) is 0 Å². The average molecular weight is 701 g/mol. The molecule has 0 aliphatic carbocycles. The molecule has 0 amide bonds. The monoisotopic (exact) mass is 700 g/mol. The van der Waals surface area contributed by atoms with E-state index in [0.29, 0.717) is 11.3 Å². The third-order valence-electron chi connectivity index (χ3n) is 7.12. The molecule has 6 nitrogen and oxygen atoms in total. The van der Waals surface area contributed by atoms with E-state index in [2.05, 4.69) is 80.6 Å². The van der Waals surface area contributed by atoms with Crippen LogP contribution in [-0.2, 0) is 39.2 Å². The molecule has 1 aliphatic rings. The Morgan fingerprint density at radius 2 is 1.33 bits per heavy atom. The summed E-state index contributed by atoms with van der Waals surface area (Å²) in [7, 11) is 11.6. The maximum Gasteiger partial charge on any atom is 0.0151 e. The number of hydrogen-bond acceptors (Lipinski definition) is 5. The Morgan fingerprint density at radius 1 is 0.881 bits per heavy atom. The van der Waals surface area contributed by atoms with Gasteiger partial charge in [-0.05, 0) is 47.9 Å². The van der Waals surface area contributed by atoms with Crippen LogP contribution < -0.4 is 14.5 Å². The Bertz CT molecular complexity index is 1290. The molecular weight excluding hydrogens is 658 g/mol. The van der Waals surface area contributed by atoms with Gasteiger partial charge in [0.15, 0.2) is 0 Å². The number of para-hydroxylation sites is 2. The molecule has 0 atom stereocenters. The molecule has 0 bridgehead atoms. The summed E-state index contributed by atoms with van der Waals surface area (Å²) in [6.45, 7) is 17.3. The number of hydrogen-bond donors (Lipinski definition) is 0. The van der Waals surface area contributed by atoms with Crippen molar-refractivity contribution in [2.45, 2.75) is 73.3 Å². The van der Waals surface area contributed by atoms with E-state index in [9.17, 15) is 10.1 Å². The number of benzene rings is 3. The van der Waals surface area contributed by atoms with Gasteiger partial charge in [-0.2, -0.15) is 6.67 Å². The molecule has 1 aliphatic heterocycles. The minimum atomic E-state index is -2.05. The van der Waals surface area contributed by atoms with E-state index in [1.54, 1.807) is 10.7 Å². The van der Waals surface area contributed by atoms with Crippen molar-refractivity contribution in [3.05, 3.63) is 99.2 Å². The van der Waals surface area contributed by atoms with E-state index in [1.165, 1.54) is 45.8 Å². The first-order valence-corrected chi connectivity index (χ1v) is 20.0. The van der Waals surface area contributed by atoms with Gasteiger partial charge in [0.25, 0.3) is 0 Å². The van der Waals surface area contributed by atoms with E-state index in [1.807, 2.05) is 13.8 Å². The Labute approximate surface area is 264 Å². The Morgan fingerprint density at radius 3 is 1.69 bits per heavy atom. The molecular formula is C33H42Cl2N3O3Ru-. The van der Waals surface area contributed by atoms with Crippen molar-refractivity contribution in [1.29, 1.82) is 0 Å². The van der Waals surface area contributed by atoms with Crippen molar-refractivity contribution in [2.75, 3.05) is 22.9 Å². The van der Waals surface area contributed by atoms with Crippen molar-refractivity contribution in [2.24, 2.45) is 0 Å². The second-order valence-electron chi connectivity index (χ2n) is 10.2. The van der Waals surface area contributed by atoms with Crippen molar-refractivity contribution < 1.29 is 23.2 Å². The molecule has 9 heteroatoms. The Hall–Kier alpha value is -2.47. The predicted molar refractivity (Wildman–Crippen MR) is 175 cm³/mol. The molecule has 0 unspecified atom stereocenters. The third kappa shape index (κ3) is 8.78. The zero-order valence-corrected chi connectivity index (χ0v) is 28.6. The van der Waals surface area contributed by atoms with Crippen LogP contribution in [0.5, 0.6) is 5.75 Å². The van der Waals surface area contributed by atoms with E-state index in [4.69, 9.17) is 24.1 Å². The Kier molecular flexibility index (Phi) is 13.3. The van der Waals surface area contributed by atoms with Gasteiger partial charge < -0.3 is 9.80 Å². The topological polar surface area (TPSA) is 58.9 Å². The van der Waals surface area contributed by atoms with Crippen LogP contribution in [0.1, 0.15) is 69.4 Å². The van der Waals surface area contributed by atoms with Crippen LogP contribution in [0.3, 0.4) is 0 Å². The van der Waals surface area contributed by atoms with Crippen LogP contribution in [0.15, 0.2) is 54.6 Å². The van der Waals surface area contributed by atoms with Crippen molar-refractivity contribution >= 4 is 41.1 Å². The maximum atomic E-state index is 10.7. The molecule has 230 valence electrons. The molecule has 1 heterocycles. The summed E-state index contributed by atoms with van der Waals surface area (Å²) in [5, 5.41) is 10.7. The van der Waals surface area contributed by atoms with Crippen LogP contribution in [0, 0.1) is 16.8 Å². The standard InChI is InChI=1S/C23H31N2.C10H11NO3.2ClH.Ru/c1-5-18-11-9-12-19(6-2)22(18)24-15-16-25(17-24)23-20(7-3)13-10-14-21(23)8-4;1-7(2)14-10-5-4-9(11(12)13)6-8(10)3;;;/h9-14,17H,5-8,15-16H2,1-4H3;3-7H,1-2H3;2*1H;/q-1;;;;+2/p-2. The molecule has 3 aromatic carbocycles. The largest absolute Gasteiger partial charge is 0.502 e. The summed E-state index contributed by atoms with van der Waals surface area (Å²) in [4.78, 5) is 15.2. The maximum absolute atomic E-state index is 10.7. The number of rotatable bonds is 10. The number of anilines is 2. The fraction of sp³-hybridized carbons (Fsp3) is 0.394. The van der Waals surface area contributed by atoms with E-state index < -0.39 is 18.4 Å². The number of nitro groups is 1. The van der Waals surface area contributed by atoms with Crippen molar-refractivity contribution in [1.82, 2.24) is 0 Å². The normalized spacial score (nSPS) is 13.1. The molecule has 0 aromatic heterocycles. The summed E-state index contributed by atoms with van der Waals surface area (Å²) in [5.74, 6) is 0.561. The van der Waals surface area contributed by atoms with Gasteiger partial charge in [-0.15, -0.1) is 0 Å². The van der Waals surface area contributed by atoms with E-state index in [0.717, 1.165) is 38.8 Å². The molecule has 0 spiro atoms. The molecule has 0 N–H and O–H groups in total. The molecule has 4 rings (SSSR count). The van der Waals surface area contributed by atoms with Gasteiger partial charge in [0.1, 0.15) is 0 Å². The van der Waals surface area contributed by atoms with E-state index >= 15 is 0 Å². The molecule has 1 fully saturated rings. The number of nitrogens with zero attached hydrogens (tertiary/aromatic N) is 3. The zero-order valence-electron chi connectivity index (χ0n) is 25.3. The van der Waals surface area contributed by atoms with Gasteiger partial charge in [-0.1, -0.05) is 64.1 Å². The van der Waals surface area contributed by atoms with Crippen LogP contribution in [0.4, 0.5) is 17.1 Å². The number of aryl methyl sites for hydroxylation is 4. The molecule has 0 radical (unpaired) electrons. The van der Waals surface area contributed by atoms with Crippen LogP contribution in [0.2, 0.25) is 0 Å². The SMILES string of the molecule is CC(C)Oc1ccc([N+](=O)[O-])cc1[CH]=[Ru]([Cl])[Cl].CCc1cccc(CC)c1N1[CH-]N(c2c(CC)cccc2CC)CC1. The second-order valence-corrected chi connectivity index (χ2v) is 15.9. The summed E-state index contributed by atoms with van der Waals surface area (Å²) in [5.41, 5.74) is 9.26. The Balaban J connectivity index is 0.000000250. The molecule has 0 saturated carbocycles.